The van der Waals surface area contributed by atoms with Gasteiger partial charge >= 0.3 is 6.03 Å². The van der Waals surface area contributed by atoms with Crippen LogP contribution in [0.1, 0.15) is 29.2 Å². The first-order valence-electron chi connectivity index (χ1n) is 13.5. The molecule has 11 heteroatoms. The number of benzene rings is 2. The van der Waals surface area contributed by atoms with E-state index in [0.717, 1.165) is 42.9 Å². The van der Waals surface area contributed by atoms with Crippen LogP contribution in [0.5, 0.6) is 0 Å². The summed E-state index contributed by atoms with van der Waals surface area (Å²) in [5, 5.41) is 15.3. The summed E-state index contributed by atoms with van der Waals surface area (Å²) in [4.78, 5) is 27.3. The second kappa shape index (κ2) is 12.6. The Morgan fingerprint density at radius 3 is 2.68 bits per heavy atom. The summed E-state index contributed by atoms with van der Waals surface area (Å²) in [5.74, 6) is 6.65. The minimum Gasteiger partial charge on any atom is -0.378 e. The zero-order chi connectivity index (χ0) is 27.9. The van der Waals surface area contributed by atoms with Gasteiger partial charge < -0.3 is 20.7 Å². The van der Waals surface area contributed by atoms with Crippen molar-refractivity contribution in [2.24, 2.45) is 0 Å². The van der Waals surface area contributed by atoms with E-state index in [1.807, 2.05) is 65.5 Å². The third kappa shape index (κ3) is 6.88. The molecule has 0 spiro atoms. The van der Waals surface area contributed by atoms with Crippen LogP contribution in [0.3, 0.4) is 0 Å². The van der Waals surface area contributed by atoms with E-state index in [1.165, 1.54) is 5.06 Å². The number of nitrogens with zero attached hydrogens (tertiary/aromatic N) is 5. The Labute approximate surface area is 237 Å². The van der Waals surface area contributed by atoms with Gasteiger partial charge in [0.2, 0.25) is 5.95 Å². The number of hydrogen-bond acceptors (Lipinski definition) is 8. The fourth-order valence-corrected chi connectivity index (χ4v) is 4.72. The van der Waals surface area contributed by atoms with E-state index in [9.17, 15) is 4.79 Å². The zero-order valence-electron chi connectivity index (χ0n) is 22.4. The van der Waals surface area contributed by atoms with Gasteiger partial charge in [-0.05, 0) is 23.8 Å². The Morgan fingerprint density at radius 1 is 1.00 bits per heavy atom. The molecule has 41 heavy (non-hydrogen) atoms. The number of ether oxygens (including phenoxy) is 1. The van der Waals surface area contributed by atoms with E-state index < -0.39 is 0 Å². The predicted octanol–water partition coefficient (Wildman–Crippen LogP) is 3.72. The molecule has 2 fully saturated rings. The smallest absolute Gasteiger partial charge is 0.346 e. The van der Waals surface area contributed by atoms with Crippen molar-refractivity contribution in [3.63, 3.8) is 0 Å². The molecule has 11 nitrogen and oxygen atoms in total. The molecule has 208 valence electrons. The monoisotopic (exact) mass is 550 g/mol. The average molecular weight is 551 g/mol. The quantitative estimate of drug-likeness (QED) is 0.311. The van der Waals surface area contributed by atoms with Crippen LogP contribution in [0.4, 0.5) is 22.1 Å². The van der Waals surface area contributed by atoms with E-state index in [1.54, 1.807) is 18.6 Å². The van der Waals surface area contributed by atoms with E-state index in [0.29, 0.717) is 30.4 Å². The molecule has 2 amide bonds. The summed E-state index contributed by atoms with van der Waals surface area (Å²) >= 11 is 0. The summed E-state index contributed by atoms with van der Waals surface area (Å²) in [6.07, 6.45) is 7.73. The largest absolute Gasteiger partial charge is 0.378 e. The van der Waals surface area contributed by atoms with Gasteiger partial charge in [0.05, 0.1) is 55.9 Å². The van der Waals surface area contributed by atoms with E-state index in [4.69, 9.17) is 9.57 Å². The zero-order valence-corrected chi connectivity index (χ0v) is 22.4. The SMILES string of the molecule is O=C(Nc1cccc(C#Cc2cnc(Nc3cnn(C[C@@H]4COCCN4)c3)nc2)c1)N1OCC[C@H]1c1ccccc1. The molecule has 0 unspecified atom stereocenters. The molecule has 2 aliphatic rings. The fourth-order valence-electron chi connectivity index (χ4n) is 4.72. The molecule has 2 aliphatic heterocycles. The average Bonchev–Trinajstić information content (AvgIpc) is 3.68. The van der Waals surface area contributed by atoms with E-state index >= 15 is 0 Å². The first-order valence-corrected chi connectivity index (χ1v) is 13.5. The molecule has 4 heterocycles. The lowest BCUT2D eigenvalue weighted by Gasteiger charge is -2.23. The Hall–Kier alpha value is -4.76. The maximum absolute atomic E-state index is 13.0. The van der Waals surface area contributed by atoms with Gasteiger partial charge in [0.1, 0.15) is 0 Å². The number of urea groups is 1. The number of amides is 2. The van der Waals surface area contributed by atoms with Crippen molar-refractivity contribution in [1.82, 2.24) is 30.1 Å². The van der Waals surface area contributed by atoms with E-state index in [2.05, 4.69) is 42.9 Å². The maximum Gasteiger partial charge on any atom is 0.346 e. The number of hydroxylamine groups is 2. The Bertz CT molecular complexity index is 1520. The molecule has 6 rings (SSSR count). The standard InChI is InChI=1S/C30H30N8O3/c39-30(38-28(11-13-41-38)24-6-2-1-3-7-24)36-25-8-4-5-22(15-25)9-10-23-16-32-29(33-17-23)35-26-18-34-37(19-26)20-27-21-40-14-12-31-27/h1-8,15-19,27-28,31H,11-14,20-21H2,(H,36,39)(H,32,33,35)/t27-,28+/m1/s1. The first kappa shape index (κ1) is 26.5. The molecule has 0 saturated carbocycles. The molecule has 2 atom stereocenters. The molecule has 0 radical (unpaired) electrons. The van der Waals surface area contributed by atoms with Crippen LogP contribution >= 0.6 is 0 Å². The van der Waals surface area contributed by atoms with Crippen molar-refractivity contribution >= 4 is 23.4 Å². The van der Waals surface area contributed by atoms with Gasteiger partial charge in [-0.2, -0.15) is 10.2 Å². The van der Waals surface area contributed by atoms with Gasteiger partial charge in [-0.25, -0.2) is 14.8 Å². The summed E-state index contributed by atoms with van der Waals surface area (Å²) in [6, 6.07) is 17.1. The number of rotatable bonds is 6. The van der Waals surface area contributed by atoms with Gasteiger partial charge in [-0.3, -0.25) is 9.52 Å². The Morgan fingerprint density at radius 2 is 1.85 bits per heavy atom. The Balaban J connectivity index is 1.04. The Kier molecular flexibility index (Phi) is 8.14. The topological polar surface area (TPSA) is 118 Å². The van der Waals surface area contributed by atoms with Crippen molar-refractivity contribution < 1.29 is 14.4 Å². The first-order chi connectivity index (χ1) is 20.2. The number of carbonyl (C=O) groups excluding carboxylic acids is 1. The van der Waals surface area contributed by atoms with Crippen molar-refractivity contribution in [2.45, 2.75) is 25.0 Å². The molecule has 2 aromatic heterocycles. The van der Waals surface area contributed by atoms with Gasteiger partial charge in [-0.1, -0.05) is 48.2 Å². The van der Waals surface area contributed by atoms with Gasteiger partial charge in [0.25, 0.3) is 0 Å². The second-order valence-electron chi connectivity index (χ2n) is 9.73. The van der Waals surface area contributed by atoms with Crippen LogP contribution in [-0.2, 0) is 16.1 Å². The predicted molar refractivity (Wildman–Crippen MR) is 153 cm³/mol. The number of carbonyl (C=O) groups is 1. The highest BCUT2D eigenvalue weighted by molar-refractivity contribution is 5.89. The van der Waals surface area contributed by atoms with Gasteiger partial charge in [0.15, 0.2) is 0 Å². The lowest BCUT2D eigenvalue weighted by molar-refractivity contribution is -0.0829. The summed E-state index contributed by atoms with van der Waals surface area (Å²) < 4.78 is 7.37. The lowest BCUT2D eigenvalue weighted by atomic mass is 10.1. The lowest BCUT2D eigenvalue weighted by Crippen LogP contribution is -2.43. The number of hydrogen-bond donors (Lipinski definition) is 3. The number of morpholine rings is 1. The van der Waals surface area contributed by atoms with Crippen molar-refractivity contribution in [3.05, 3.63) is 96.1 Å². The number of aromatic nitrogens is 4. The van der Waals surface area contributed by atoms with Crippen molar-refractivity contribution in [2.75, 3.05) is 37.0 Å². The summed E-state index contributed by atoms with van der Waals surface area (Å²) in [6.45, 7) is 3.49. The van der Waals surface area contributed by atoms with Crippen LogP contribution in [0.15, 0.2) is 79.4 Å². The van der Waals surface area contributed by atoms with Crippen molar-refractivity contribution in [3.8, 4) is 11.8 Å². The van der Waals surface area contributed by atoms with Crippen molar-refractivity contribution in [1.29, 1.82) is 0 Å². The van der Waals surface area contributed by atoms with Crippen LogP contribution in [0, 0.1) is 11.8 Å². The van der Waals surface area contributed by atoms with E-state index in [-0.39, 0.29) is 18.1 Å². The molecule has 0 aliphatic carbocycles. The van der Waals surface area contributed by atoms with Crippen LogP contribution in [-0.4, -0.2) is 63.3 Å². The second-order valence-corrected chi connectivity index (χ2v) is 9.73. The molecular weight excluding hydrogens is 520 g/mol. The minimum atomic E-state index is -0.317. The highest BCUT2D eigenvalue weighted by Crippen LogP contribution is 2.30. The third-order valence-electron chi connectivity index (χ3n) is 6.70. The van der Waals surface area contributed by atoms with Crippen LogP contribution < -0.4 is 16.0 Å². The molecular formula is C30H30N8O3. The van der Waals surface area contributed by atoms with Gasteiger partial charge in [-0.15, -0.1) is 0 Å². The highest BCUT2D eigenvalue weighted by Gasteiger charge is 2.31. The third-order valence-corrected chi connectivity index (χ3v) is 6.70. The molecule has 0 bridgehead atoms. The normalized spacial score (nSPS) is 18.4. The highest BCUT2D eigenvalue weighted by atomic mass is 16.7. The minimum absolute atomic E-state index is 0.123. The summed E-state index contributed by atoms with van der Waals surface area (Å²) in [7, 11) is 0. The van der Waals surface area contributed by atoms with Crippen LogP contribution in [0.25, 0.3) is 0 Å². The molecule has 4 aromatic rings. The molecule has 2 saturated heterocycles. The fraction of sp³-hybridized carbons (Fsp3) is 0.267. The molecule has 2 aromatic carbocycles. The summed E-state index contributed by atoms with van der Waals surface area (Å²) in [5.41, 5.74) is 3.89. The molecule has 3 N–H and O–H groups in total. The van der Waals surface area contributed by atoms with Crippen LogP contribution in [0.2, 0.25) is 0 Å². The number of nitrogens with one attached hydrogen (secondary N) is 3. The number of anilines is 3. The van der Waals surface area contributed by atoms with Gasteiger partial charge in [0, 0.05) is 42.8 Å². The maximum atomic E-state index is 13.0.